The van der Waals surface area contributed by atoms with Gasteiger partial charge in [0.15, 0.2) is 5.78 Å². The molecule has 8 heteroatoms. The highest BCUT2D eigenvalue weighted by atomic mass is 19.1. The zero-order valence-electron chi connectivity index (χ0n) is 18.6. The fourth-order valence-electron chi connectivity index (χ4n) is 4.41. The Hall–Kier alpha value is -3.68. The van der Waals surface area contributed by atoms with Crippen LogP contribution in [0.1, 0.15) is 28.9 Å². The monoisotopic (exact) mass is 447 g/mol. The topological polar surface area (TPSA) is 70.6 Å². The number of halogens is 1. The van der Waals surface area contributed by atoms with Crippen LogP contribution in [0.5, 0.6) is 5.75 Å². The van der Waals surface area contributed by atoms with Gasteiger partial charge < -0.3 is 19.9 Å². The average molecular weight is 448 g/mol. The summed E-state index contributed by atoms with van der Waals surface area (Å²) in [6, 6.07) is 14.4. The molecule has 1 N–H and O–H groups in total. The predicted octanol–water partition coefficient (Wildman–Crippen LogP) is 4.21. The molecule has 1 aromatic heterocycles. The molecule has 0 unspecified atom stereocenters. The zero-order valence-corrected chi connectivity index (χ0v) is 18.6. The fraction of sp³-hybridized carbons (Fsp3) is 0.320. The highest BCUT2D eigenvalue weighted by molar-refractivity contribution is 6.03. The second-order valence-electron chi connectivity index (χ2n) is 8.25. The van der Waals surface area contributed by atoms with Crippen molar-refractivity contribution < 1.29 is 13.9 Å². The number of piperazine rings is 1. The molecule has 1 fully saturated rings. The van der Waals surface area contributed by atoms with E-state index in [0.717, 1.165) is 30.0 Å². The summed E-state index contributed by atoms with van der Waals surface area (Å²) in [6.07, 6.45) is 2.06. The number of aromatic nitrogens is 2. The largest absolute Gasteiger partial charge is 0.497 e. The minimum absolute atomic E-state index is 0.0724. The van der Waals surface area contributed by atoms with Gasteiger partial charge in [-0.2, -0.15) is 4.98 Å². The van der Waals surface area contributed by atoms with E-state index in [1.165, 1.54) is 6.07 Å². The number of Topliss-reactive ketones (excluding diaryl/α,β-unsaturated/α-hetero) is 1. The molecule has 0 bridgehead atoms. The molecule has 0 spiro atoms. The first kappa shape index (κ1) is 21.2. The summed E-state index contributed by atoms with van der Waals surface area (Å²) in [5, 5.41) is 3.32. The molecule has 33 heavy (non-hydrogen) atoms. The molecular weight excluding hydrogens is 421 g/mol. The molecule has 170 valence electrons. The lowest BCUT2D eigenvalue weighted by Crippen LogP contribution is -2.47. The van der Waals surface area contributed by atoms with E-state index in [1.54, 1.807) is 13.2 Å². The lowest BCUT2D eigenvalue weighted by molar-refractivity contribution is 0.0972. The maximum Gasteiger partial charge on any atom is 0.227 e. The predicted molar refractivity (Wildman–Crippen MR) is 126 cm³/mol. The van der Waals surface area contributed by atoms with E-state index in [-0.39, 0.29) is 11.6 Å². The van der Waals surface area contributed by atoms with E-state index in [2.05, 4.69) is 10.2 Å². The first-order chi connectivity index (χ1) is 16.1. The van der Waals surface area contributed by atoms with E-state index in [1.807, 2.05) is 41.3 Å². The van der Waals surface area contributed by atoms with Crippen molar-refractivity contribution in [1.29, 1.82) is 0 Å². The highest BCUT2D eigenvalue weighted by Crippen LogP contribution is 2.31. The van der Waals surface area contributed by atoms with Crippen molar-refractivity contribution in [2.75, 3.05) is 48.4 Å². The lowest BCUT2D eigenvalue weighted by Gasteiger charge is -2.36. The van der Waals surface area contributed by atoms with Gasteiger partial charge in [0, 0.05) is 38.3 Å². The average Bonchev–Trinajstić information content (AvgIpc) is 2.85. The molecule has 1 saturated heterocycles. The van der Waals surface area contributed by atoms with Crippen molar-refractivity contribution in [2.24, 2.45) is 0 Å². The maximum absolute atomic E-state index is 14.2. The van der Waals surface area contributed by atoms with Gasteiger partial charge in [0.1, 0.15) is 17.4 Å². The van der Waals surface area contributed by atoms with Gasteiger partial charge in [-0.05, 0) is 49.2 Å². The van der Waals surface area contributed by atoms with Crippen LogP contribution in [-0.2, 0) is 6.42 Å². The molecule has 5 rings (SSSR count). The first-order valence-corrected chi connectivity index (χ1v) is 11.2. The molecule has 0 atom stereocenters. The van der Waals surface area contributed by atoms with E-state index in [4.69, 9.17) is 14.7 Å². The summed E-state index contributed by atoms with van der Waals surface area (Å²) in [7, 11) is 1.63. The third kappa shape index (κ3) is 4.33. The molecule has 1 aliphatic carbocycles. The molecular formula is C25H26FN5O2. The fourth-order valence-corrected chi connectivity index (χ4v) is 4.41. The number of ether oxygens (including phenoxy) is 1. The van der Waals surface area contributed by atoms with Crippen LogP contribution in [0.3, 0.4) is 0 Å². The van der Waals surface area contributed by atoms with Gasteiger partial charge in [-0.15, -0.1) is 0 Å². The standard InChI is InChI=1S/C25H26FN5O2/c1-33-18-11-9-17(10-12-18)27-24-23-20(6-4-8-22(23)32)28-25(29-24)31-15-13-30(14-16-31)21-7-3-2-5-19(21)26/h2-3,5,7,9-12H,4,6,8,13-16H2,1H3,(H,27,28,29). The number of para-hydroxylation sites is 1. The highest BCUT2D eigenvalue weighted by Gasteiger charge is 2.27. The van der Waals surface area contributed by atoms with Crippen LogP contribution in [0.15, 0.2) is 48.5 Å². The Morgan fingerprint density at radius 2 is 1.67 bits per heavy atom. The molecule has 1 aliphatic heterocycles. The van der Waals surface area contributed by atoms with Crippen molar-refractivity contribution in [3.63, 3.8) is 0 Å². The smallest absolute Gasteiger partial charge is 0.227 e. The Morgan fingerprint density at radius 3 is 2.39 bits per heavy atom. The number of benzene rings is 2. The number of carbonyl (C=O) groups is 1. The summed E-state index contributed by atoms with van der Waals surface area (Å²) < 4.78 is 19.4. The number of fused-ring (bicyclic) bond motifs is 1. The van der Waals surface area contributed by atoms with Crippen molar-refractivity contribution >= 4 is 28.9 Å². The van der Waals surface area contributed by atoms with Gasteiger partial charge in [-0.25, -0.2) is 9.37 Å². The first-order valence-electron chi connectivity index (χ1n) is 11.2. The quantitative estimate of drug-likeness (QED) is 0.628. The van der Waals surface area contributed by atoms with Gasteiger partial charge in [0.25, 0.3) is 0 Å². The van der Waals surface area contributed by atoms with Crippen molar-refractivity contribution in [1.82, 2.24) is 9.97 Å². The van der Waals surface area contributed by atoms with Crippen LogP contribution in [0, 0.1) is 5.82 Å². The Kier molecular flexibility index (Phi) is 5.81. The summed E-state index contributed by atoms with van der Waals surface area (Å²) in [5.74, 6) is 1.77. The number of carbonyl (C=O) groups excluding carboxylic acids is 1. The van der Waals surface area contributed by atoms with E-state index >= 15 is 0 Å². The van der Waals surface area contributed by atoms with Crippen LogP contribution < -0.4 is 19.9 Å². The van der Waals surface area contributed by atoms with Crippen LogP contribution in [0.4, 0.5) is 27.5 Å². The second-order valence-corrected chi connectivity index (χ2v) is 8.25. The zero-order chi connectivity index (χ0) is 22.8. The Balaban J connectivity index is 1.40. The summed E-state index contributed by atoms with van der Waals surface area (Å²) >= 11 is 0. The number of rotatable bonds is 5. The number of methoxy groups -OCH3 is 1. The maximum atomic E-state index is 14.2. The van der Waals surface area contributed by atoms with Crippen molar-refractivity contribution in [3.8, 4) is 5.75 Å². The number of hydrogen-bond donors (Lipinski definition) is 1. The van der Waals surface area contributed by atoms with E-state index in [9.17, 15) is 9.18 Å². The van der Waals surface area contributed by atoms with E-state index in [0.29, 0.717) is 55.6 Å². The molecule has 2 heterocycles. The lowest BCUT2D eigenvalue weighted by atomic mass is 9.95. The van der Waals surface area contributed by atoms with Crippen LogP contribution in [0.2, 0.25) is 0 Å². The molecule has 0 radical (unpaired) electrons. The van der Waals surface area contributed by atoms with Gasteiger partial charge >= 0.3 is 0 Å². The van der Waals surface area contributed by atoms with Crippen molar-refractivity contribution in [2.45, 2.75) is 19.3 Å². The van der Waals surface area contributed by atoms with Gasteiger partial charge in [-0.3, -0.25) is 4.79 Å². The Morgan fingerprint density at radius 1 is 0.939 bits per heavy atom. The number of aryl methyl sites for hydroxylation is 1. The normalized spacial score (nSPS) is 15.9. The van der Waals surface area contributed by atoms with Crippen molar-refractivity contribution in [3.05, 3.63) is 65.6 Å². The SMILES string of the molecule is COc1ccc(Nc2nc(N3CCN(c4ccccc4F)CC3)nc3c2C(=O)CCC3)cc1. The minimum Gasteiger partial charge on any atom is -0.497 e. The summed E-state index contributed by atoms with van der Waals surface area (Å²) in [6.45, 7) is 2.68. The Bertz CT molecular complexity index is 1160. The molecule has 3 aromatic rings. The third-order valence-electron chi connectivity index (χ3n) is 6.18. The molecule has 7 nitrogen and oxygen atoms in total. The molecule has 0 amide bonds. The third-order valence-corrected chi connectivity index (χ3v) is 6.18. The minimum atomic E-state index is -0.208. The number of nitrogens with one attached hydrogen (secondary N) is 1. The van der Waals surface area contributed by atoms with Gasteiger partial charge in [0.2, 0.25) is 5.95 Å². The molecule has 2 aromatic carbocycles. The number of ketones is 1. The van der Waals surface area contributed by atoms with Crippen LogP contribution >= 0.6 is 0 Å². The number of hydrogen-bond acceptors (Lipinski definition) is 7. The van der Waals surface area contributed by atoms with Crippen LogP contribution in [-0.4, -0.2) is 49.0 Å². The van der Waals surface area contributed by atoms with E-state index < -0.39 is 0 Å². The molecule has 0 saturated carbocycles. The summed E-state index contributed by atoms with van der Waals surface area (Å²) in [4.78, 5) is 26.4. The number of anilines is 4. The number of nitrogens with zero attached hydrogens (tertiary/aromatic N) is 4. The second kappa shape index (κ2) is 9.05. The van der Waals surface area contributed by atoms with Gasteiger partial charge in [-0.1, -0.05) is 12.1 Å². The summed E-state index contributed by atoms with van der Waals surface area (Å²) in [5.41, 5.74) is 2.83. The molecule has 2 aliphatic rings. The van der Waals surface area contributed by atoms with Gasteiger partial charge in [0.05, 0.1) is 24.1 Å². The van der Waals surface area contributed by atoms with Crippen LogP contribution in [0.25, 0.3) is 0 Å². The Labute approximate surface area is 192 Å².